The quantitative estimate of drug-likeness (QED) is 0.621. The molecule has 0 unspecified atom stereocenters. The van der Waals surface area contributed by atoms with Crippen molar-refractivity contribution >= 4 is 11.4 Å². The van der Waals surface area contributed by atoms with E-state index in [0.717, 1.165) is 72.7 Å². The van der Waals surface area contributed by atoms with Crippen LogP contribution in [0.2, 0.25) is 0 Å². The average Bonchev–Trinajstić information content (AvgIpc) is 2.74. The lowest BCUT2D eigenvalue weighted by Gasteiger charge is -2.23. The molecule has 0 spiro atoms. The fraction of sp³-hybridized carbons (Fsp3) is 0.520. The molecule has 0 saturated carbocycles. The van der Waals surface area contributed by atoms with Gasteiger partial charge in [0.05, 0.1) is 11.4 Å². The van der Waals surface area contributed by atoms with Crippen molar-refractivity contribution in [1.82, 2.24) is 9.97 Å². The van der Waals surface area contributed by atoms with Crippen LogP contribution in [-0.2, 0) is 22.5 Å². The zero-order valence-corrected chi connectivity index (χ0v) is 19.1. The SMILES string of the molecule is Cc1ccc2c(n1)C(=NOCC(C)(C)CON=C1CCCc3ccc(C)nc31)CCC2. The van der Waals surface area contributed by atoms with Gasteiger partial charge in [-0.15, -0.1) is 0 Å². The highest BCUT2D eigenvalue weighted by Gasteiger charge is 2.23. The van der Waals surface area contributed by atoms with Gasteiger partial charge >= 0.3 is 0 Å². The van der Waals surface area contributed by atoms with Gasteiger partial charge in [-0.05, 0) is 75.6 Å². The van der Waals surface area contributed by atoms with E-state index in [2.05, 4.69) is 58.4 Å². The van der Waals surface area contributed by atoms with Crippen LogP contribution in [0.3, 0.4) is 0 Å². The van der Waals surface area contributed by atoms with Crippen LogP contribution >= 0.6 is 0 Å². The maximum Gasteiger partial charge on any atom is 0.125 e. The lowest BCUT2D eigenvalue weighted by atomic mass is 9.94. The summed E-state index contributed by atoms with van der Waals surface area (Å²) in [4.78, 5) is 20.9. The van der Waals surface area contributed by atoms with Gasteiger partial charge in [-0.1, -0.05) is 36.3 Å². The van der Waals surface area contributed by atoms with E-state index in [1.165, 1.54) is 11.1 Å². The number of oxime groups is 2. The zero-order valence-electron chi connectivity index (χ0n) is 19.1. The smallest absolute Gasteiger partial charge is 0.125 e. The second kappa shape index (κ2) is 9.16. The summed E-state index contributed by atoms with van der Waals surface area (Å²) >= 11 is 0. The highest BCUT2D eigenvalue weighted by molar-refractivity contribution is 6.01. The summed E-state index contributed by atoms with van der Waals surface area (Å²) in [5.41, 5.74) is 8.19. The van der Waals surface area contributed by atoms with E-state index in [1.807, 2.05) is 13.8 Å². The van der Waals surface area contributed by atoms with Crippen LogP contribution in [0.25, 0.3) is 0 Å². The van der Waals surface area contributed by atoms with E-state index < -0.39 is 0 Å². The van der Waals surface area contributed by atoms with Crippen LogP contribution in [0.5, 0.6) is 0 Å². The fourth-order valence-electron chi connectivity index (χ4n) is 3.99. The summed E-state index contributed by atoms with van der Waals surface area (Å²) < 4.78 is 0. The largest absolute Gasteiger partial charge is 0.395 e. The highest BCUT2D eigenvalue weighted by atomic mass is 16.6. The Balaban J connectivity index is 1.35. The van der Waals surface area contributed by atoms with E-state index in [-0.39, 0.29) is 5.41 Å². The molecule has 2 aliphatic carbocycles. The molecule has 164 valence electrons. The van der Waals surface area contributed by atoms with Gasteiger partial charge in [0.25, 0.3) is 0 Å². The van der Waals surface area contributed by atoms with Crippen LogP contribution in [0.1, 0.15) is 73.4 Å². The molecule has 0 aromatic carbocycles. The Morgan fingerprint density at radius 1 is 0.742 bits per heavy atom. The van der Waals surface area contributed by atoms with Crippen molar-refractivity contribution in [3.8, 4) is 0 Å². The lowest BCUT2D eigenvalue weighted by molar-refractivity contribution is -0.000311. The Labute approximate surface area is 184 Å². The predicted octanol–water partition coefficient (Wildman–Crippen LogP) is 4.93. The molecular weight excluding hydrogens is 388 g/mol. The average molecular weight is 421 g/mol. The van der Waals surface area contributed by atoms with E-state index >= 15 is 0 Å². The molecule has 0 N–H and O–H groups in total. The molecule has 4 rings (SSSR count). The maximum atomic E-state index is 5.76. The van der Waals surface area contributed by atoms with Crippen LogP contribution in [0, 0.1) is 19.3 Å². The van der Waals surface area contributed by atoms with E-state index in [4.69, 9.17) is 9.68 Å². The second-order valence-electron chi connectivity index (χ2n) is 9.41. The summed E-state index contributed by atoms with van der Waals surface area (Å²) in [5.74, 6) is 0. The van der Waals surface area contributed by atoms with Crippen LogP contribution in [-0.4, -0.2) is 34.6 Å². The molecule has 0 saturated heterocycles. The number of hydrogen-bond acceptors (Lipinski definition) is 6. The highest BCUT2D eigenvalue weighted by Crippen LogP contribution is 2.23. The Hall–Kier alpha value is -2.76. The number of rotatable bonds is 6. The summed E-state index contributed by atoms with van der Waals surface area (Å²) in [6.07, 6.45) is 6.08. The van der Waals surface area contributed by atoms with Crippen molar-refractivity contribution < 1.29 is 9.68 Å². The van der Waals surface area contributed by atoms with Gasteiger partial charge < -0.3 is 9.68 Å². The van der Waals surface area contributed by atoms with E-state index in [1.54, 1.807) is 0 Å². The van der Waals surface area contributed by atoms with Gasteiger partial charge in [0.1, 0.15) is 24.6 Å². The van der Waals surface area contributed by atoms with Crippen molar-refractivity contribution in [2.45, 2.75) is 66.2 Å². The summed E-state index contributed by atoms with van der Waals surface area (Å²) in [6.45, 7) is 9.13. The van der Waals surface area contributed by atoms with Crippen molar-refractivity contribution in [2.24, 2.45) is 15.7 Å². The number of aryl methyl sites for hydroxylation is 4. The fourth-order valence-corrected chi connectivity index (χ4v) is 3.99. The number of aromatic nitrogens is 2. The lowest BCUT2D eigenvalue weighted by Crippen LogP contribution is -2.25. The van der Waals surface area contributed by atoms with Crippen LogP contribution < -0.4 is 0 Å². The van der Waals surface area contributed by atoms with Gasteiger partial charge in [-0.2, -0.15) is 0 Å². The zero-order chi connectivity index (χ0) is 21.8. The minimum atomic E-state index is -0.219. The van der Waals surface area contributed by atoms with Crippen molar-refractivity contribution in [2.75, 3.05) is 13.2 Å². The van der Waals surface area contributed by atoms with Gasteiger partial charge in [0, 0.05) is 16.8 Å². The molecule has 2 heterocycles. The molecular formula is C25H32N4O2. The summed E-state index contributed by atoms with van der Waals surface area (Å²) in [7, 11) is 0. The summed E-state index contributed by atoms with van der Waals surface area (Å²) in [5, 5.41) is 8.88. The monoisotopic (exact) mass is 420 g/mol. The molecule has 0 aliphatic heterocycles. The normalized spacial score (nSPS) is 18.6. The molecule has 0 bridgehead atoms. The first-order chi connectivity index (χ1) is 14.9. The van der Waals surface area contributed by atoms with Crippen molar-refractivity contribution in [3.63, 3.8) is 0 Å². The Morgan fingerprint density at radius 2 is 1.19 bits per heavy atom. The molecule has 0 atom stereocenters. The second-order valence-corrected chi connectivity index (χ2v) is 9.41. The standard InChI is InChI=1S/C25H32N4O2/c1-17-11-13-19-7-5-9-21(23(19)26-17)28-30-15-25(3,4)16-31-29-22-10-6-8-20-14-12-18(2)27-24(20)22/h11-14H,5-10,15-16H2,1-4H3. The maximum absolute atomic E-state index is 5.76. The predicted molar refractivity (Wildman–Crippen MR) is 123 cm³/mol. The van der Waals surface area contributed by atoms with Gasteiger partial charge in [0.2, 0.25) is 0 Å². The molecule has 0 fully saturated rings. The van der Waals surface area contributed by atoms with E-state index in [0.29, 0.717) is 13.2 Å². The van der Waals surface area contributed by atoms with Crippen molar-refractivity contribution in [3.05, 3.63) is 58.2 Å². The Bertz CT molecular complexity index is 931. The number of fused-ring (bicyclic) bond motifs is 2. The first-order valence-corrected chi connectivity index (χ1v) is 11.2. The topological polar surface area (TPSA) is 69.0 Å². The molecule has 2 aliphatic rings. The minimum absolute atomic E-state index is 0.219. The first kappa shape index (κ1) is 21.5. The molecule has 6 heteroatoms. The third kappa shape index (κ3) is 5.30. The van der Waals surface area contributed by atoms with Gasteiger partial charge in [-0.25, -0.2) is 0 Å². The third-order valence-electron chi connectivity index (χ3n) is 5.76. The van der Waals surface area contributed by atoms with E-state index in [9.17, 15) is 0 Å². The van der Waals surface area contributed by atoms with Gasteiger partial charge in [0.15, 0.2) is 0 Å². The van der Waals surface area contributed by atoms with Crippen LogP contribution in [0.4, 0.5) is 0 Å². The number of pyridine rings is 2. The molecule has 0 radical (unpaired) electrons. The molecule has 2 aromatic heterocycles. The molecule has 6 nitrogen and oxygen atoms in total. The van der Waals surface area contributed by atoms with Gasteiger partial charge in [-0.3, -0.25) is 9.97 Å². The third-order valence-corrected chi connectivity index (χ3v) is 5.76. The van der Waals surface area contributed by atoms with Crippen molar-refractivity contribution in [1.29, 1.82) is 0 Å². The first-order valence-electron chi connectivity index (χ1n) is 11.2. The minimum Gasteiger partial charge on any atom is -0.395 e. The Kier molecular flexibility index (Phi) is 6.35. The summed E-state index contributed by atoms with van der Waals surface area (Å²) in [6, 6.07) is 8.43. The molecule has 31 heavy (non-hydrogen) atoms. The Morgan fingerprint density at radius 3 is 1.65 bits per heavy atom. The number of hydrogen-bond donors (Lipinski definition) is 0. The molecule has 0 amide bonds. The number of nitrogens with zero attached hydrogens (tertiary/aromatic N) is 4. The van der Waals surface area contributed by atoms with Crippen LogP contribution in [0.15, 0.2) is 34.6 Å². The molecule has 2 aromatic rings.